The van der Waals surface area contributed by atoms with Crippen molar-refractivity contribution >= 4 is 36.0 Å². The lowest BCUT2D eigenvalue weighted by Gasteiger charge is -2.36. The zero-order valence-corrected chi connectivity index (χ0v) is 15.0. The molecule has 0 aliphatic carbocycles. The van der Waals surface area contributed by atoms with Gasteiger partial charge in [-0.15, -0.1) is 12.4 Å². The standard InChI is InChI=1S/C15H25N3O3S.ClH/c19-14(10-12-11-22-9-3-16-12)17-4-6-18(7-5-17)15(20)13-2-1-8-21-13;/h12-13,16H,1-11H2;1H. The van der Waals surface area contributed by atoms with Crippen LogP contribution < -0.4 is 5.32 Å². The quantitative estimate of drug-likeness (QED) is 0.784. The third-order valence-electron chi connectivity index (χ3n) is 4.57. The lowest BCUT2D eigenvalue weighted by molar-refractivity contribution is -0.146. The van der Waals surface area contributed by atoms with E-state index >= 15 is 0 Å². The Bertz CT molecular complexity index is 407. The van der Waals surface area contributed by atoms with Crippen LogP contribution in [0.3, 0.4) is 0 Å². The molecule has 0 aromatic carbocycles. The molecule has 0 aromatic rings. The van der Waals surface area contributed by atoms with E-state index in [2.05, 4.69) is 5.32 Å². The van der Waals surface area contributed by atoms with Crippen LogP contribution in [0.25, 0.3) is 0 Å². The Morgan fingerprint density at radius 1 is 1.17 bits per heavy atom. The highest BCUT2D eigenvalue weighted by atomic mass is 35.5. The summed E-state index contributed by atoms with van der Waals surface area (Å²) in [5, 5.41) is 3.40. The number of thioether (sulfide) groups is 1. The van der Waals surface area contributed by atoms with E-state index in [0.29, 0.717) is 45.2 Å². The first-order valence-corrected chi connectivity index (χ1v) is 9.39. The molecular weight excluding hydrogens is 338 g/mol. The summed E-state index contributed by atoms with van der Waals surface area (Å²) < 4.78 is 5.46. The molecule has 2 unspecified atom stereocenters. The summed E-state index contributed by atoms with van der Waals surface area (Å²) in [6.07, 6.45) is 2.14. The summed E-state index contributed by atoms with van der Waals surface area (Å²) in [6.45, 7) is 4.26. The zero-order chi connectivity index (χ0) is 15.4. The molecule has 3 aliphatic heterocycles. The Labute approximate surface area is 148 Å². The lowest BCUT2D eigenvalue weighted by atomic mass is 10.1. The zero-order valence-electron chi connectivity index (χ0n) is 13.4. The van der Waals surface area contributed by atoms with Gasteiger partial charge in [0.15, 0.2) is 0 Å². The van der Waals surface area contributed by atoms with Crippen molar-refractivity contribution in [3.05, 3.63) is 0 Å². The molecule has 0 spiro atoms. The number of ether oxygens (including phenoxy) is 1. The van der Waals surface area contributed by atoms with Crippen LogP contribution in [0.1, 0.15) is 19.3 Å². The molecule has 3 heterocycles. The van der Waals surface area contributed by atoms with Crippen LogP contribution in [0.15, 0.2) is 0 Å². The topological polar surface area (TPSA) is 61.9 Å². The maximum atomic E-state index is 12.3. The van der Waals surface area contributed by atoms with Gasteiger partial charge in [0, 0.05) is 63.3 Å². The molecule has 6 nitrogen and oxygen atoms in total. The van der Waals surface area contributed by atoms with Crippen molar-refractivity contribution in [1.29, 1.82) is 0 Å². The molecule has 3 saturated heterocycles. The molecule has 2 atom stereocenters. The Morgan fingerprint density at radius 2 is 1.91 bits per heavy atom. The Balaban J connectivity index is 0.00000192. The van der Waals surface area contributed by atoms with Gasteiger partial charge in [0.05, 0.1) is 0 Å². The van der Waals surface area contributed by atoms with E-state index in [9.17, 15) is 9.59 Å². The number of amides is 2. The third-order valence-corrected chi connectivity index (χ3v) is 5.70. The first kappa shape index (κ1) is 18.8. The number of carbonyl (C=O) groups excluding carboxylic acids is 2. The second kappa shape index (κ2) is 9.11. The predicted molar refractivity (Wildman–Crippen MR) is 93.1 cm³/mol. The smallest absolute Gasteiger partial charge is 0.251 e. The molecule has 0 saturated carbocycles. The highest BCUT2D eigenvalue weighted by Crippen LogP contribution is 2.17. The average Bonchev–Trinajstić information content (AvgIpc) is 3.10. The summed E-state index contributed by atoms with van der Waals surface area (Å²) in [4.78, 5) is 28.4. The maximum absolute atomic E-state index is 12.3. The molecule has 1 N–H and O–H groups in total. The first-order valence-electron chi connectivity index (χ1n) is 8.23. The van der Waals surface area contributed by atoms with Crippen molar-refractivity contribution in [2.75, 3.05) is 50.8 Å². The Hall–Kier alpha value is -0.500. The van der Waals surface area contributed by atoms with Crippen molar-refractivity contribution in [2.24, 2.45) is 0 Å². The van der Waals surface area contributed by atoms with E-state index in [4.69, 9.17) is 4.74 Å². The number of piperazine rings is 1. The van der Waals surface area contributed by atoms with Gasteiger partial charge < -0.3 is 19.9 Å². The molecule has 132 valence electrons. The molecule has 3 fully saturated rings. The SMILES string of the molecule is Cl.O=C(CC1CSCCN1)N1CCN(C(=O)C2CCCO2)CC1. The number of hydrogen-bond acceptors (Lipinski definition) is 5. The highest BCUT2D eigenvalue weighted by Gasteiger charge is 2.31. The van der Waals surface area contributed by atoms with Crippen molar-refractivity contribution in [2.45, 2.75) is 31.4 Å². The number of nitrogens with one attached hydrogen (secondary N) is 1. The number of halogens is 1. The molecule has 0 aromatic heterocycles. The Morgan fingerprint density at radius 3 is 2.52 bits per heavy atom. The summed E-state index contributed by atoms with van der Waals surface area (Å²) in [5.74, 6) is 2.47. The number of hydrogen-bond donors (Lipinski definition) is 1. The molecular formula is C15H26ClN3O3S. The van der Waals surface area contributed by atoms with Crippen LogP contribution in [0.5, 0.6) is 0 Å². The molecule has 0 radical (unpaired) electrons. The minimum absolute atomic E-state index is 0. The highest BCUT2D eigenvalue weighted by molar-refractivity contribution is 7.99. The van der Waals surface area contributed by atoms with Gasteiger partial charge in [-0.3, -0.25) is 9.59 Å². The monoisotopic (exact) mass is 363 g/mol. The summed E-state index contributed by atoms with van der Waals surface area (Å²) in [5.41, 5.74) is 0. The molecule has 2 amide bonds. The van der Waals surface area contributed by atoms with Crippen LogP contribution in [-0.2, 0) is 14.3 Å². The minimum Gasteiger partial charge on any atom is -0.368 e. The van der Waals surface area contributed by atoms with Crippen molar-refractivity contribution in [3.8, 4) is 0 Å². The predicted octanol–water partition coefficient (Wildman–Crippen LogP) is 0.353. The third kappa shape index (κ3) is 4.98. The fourth-order valence-electron chi connectivity index (χ4n) is 3.24. The summed E-state index contributed by atoms with van der Waals surface area (Å²) in [7, 11) is 0. The van der Waals surface area contributed by atoms with Crippen LogP contribution in [0.4, 0.5) is 0 Å². The van der Waals surface area contributed by atoms with E-state index in [0.717, 1.165) is 30.9 Å². The molecule has 0 bridgehead atoms. The number of rotatable bonds is 3. The molecule has 3 aliphatic rings. The van der Waals surface area contributed by atoms with Crippen LogP contribution in [0.2, 0.25) is 0 Å². The second-order valence-corrected chi connectivity index (χ2v) is 7.29. The second-order valence-electron chi connectivity index (χ2n) is 6.14. The van der Waals surface area contributed by atoms with E-state index in [1.54, 1.807) is 0 Å². The van der Waals surface area contributed by atoms with Gasteiger partial charge in [0.1, 0.15) is 6.10 Å². The van der Waals surface area contributed by atoms with Gasteiger partial charge in [0.25, 0.3) is 5.91 Å². The van der Waals surface area contributed by atoms with Gasteiger partial charge in [-0.25, -0.2) is 0 Å². The largest absolute Gasteiger partial charge is 0.368 e. The van der Waals surface area contributed by atoms with Crippen LogP contribution >= 0.6 is 24.2 Å². The maximum Gasteiger partial charge on any atom is 0.251 e. The first-order chi connectivity index (χ1) is 10.7. The van der Waals surface area contributed by atoms with E-state index in [-0.39, 0.29) is 30.3 Å². The van der Waals surface area contributed by atoms with Crippen molar-refractivity contribution < 1.29 is 14.3 Å². The fraction of sp³-hybridized carbons (Fsp3) is 0.867. The van der Waals surface area contributed by atoms with E-state index < -0.39 is 0 Å². The van der Waals surface area contributed by atoms with Gasteiger partial charge in [-0.2, -0.15) is 11.8 Å². The molecule has 8 heteroatoms. The van der Waals surface area contributed by atoms with Gasteiger partial charge in [-0.1, -0.05) is 0 Å². The van der Waals surface area contributed by atoms with Crippen LogP contribution in [0, 0.1) is 0 Å². The van der Waals surface area contributed by atoms with Crippen molar-refractivity contribution in [3.63, 3.8) is 0 Å². The summed E-state index contributed by atoms with van der Waals surface area (Å²) >= 11 is 1.91. The average molecular weight is 364 g/mol. The minimum atomic E-state index is -0.245. The molecule has 23 heavy (non-hydrogen) atoms. The van der Waals surface area contributed by atoms with Crippen molar-refractivity contribution in [1.82, 2.24) is 15.1 Å². The van der Waals surface area contributed by atoms with Gasteiger partial charge in [0.2, 0.25) is 5.91 Å². The van der Waals surface area contributed by atoms with Gasteiger partial charge in [-0.05, 0) is 12.8 Å². The fourth-order valence-corrected chi connectivity index (χ4v) is 4.19. The van der Waals surface area contributed by atoms with Gasteiger partial charge >= 0.3 is 0 Å². The normalized spacial score (nSPS) is 28.3. The number of carbonyl (C=O) groups is 2. The number of nitrogens with zero attached hydrogens (tertiary/aromatic N) is 2. The Kier molecular flexibility index (Phi) is 7.46. The summed E-state index contributed by atoms with van der Waals surface area (Å²) in [6, 6.07) is 0.304. The lowest BCUT2D eigenvalue weighted by Crippen LogP contribution is -2.53. The van der Waals surface area contributed by atoms with Crippen LogP contribution in [-0.4, -0.2) is 84.6 Å². The molecule has 3 rings (SSSR count). The van der Waals surface area contributed by atoms with E-state index in [1.807, 2.05) is 21.6 Å². The van der Waals surface area contributed by atoms with E-state index in [1.165, 1.54) is 0 Å².